The molecule has 72 valence electrons. The molecule has 2 N–H and O–H groups in total. The minimum atomic E-state index is -0.349. The van der Waals surface area contributed by atoms with Crippen molar-refractivity contribution in [3.05, 3.63) is 11.7 Å². The lowest BCUT2D eigenvalue weighted by Crippen LogP contribution is -2.19. The molecule has 0 aliphatic heterocycles. The Hall–Kier alpha value is -0.940. The van der Waals surface area contributed by atoms with Gasteiger partial charge in [-0.3, -0.25) is 0 Å². The average Bonchev–Trinajstić information content (AvgIpc) is 2.72. The van der Waals surface area contributed by atoms with E-state index in [9.17, 15) is 0 Å². The first-order chi connectivity index (χ1) is 6.15. The Balaban J connectivity index is 2.18. The van der Waals surface area contributed by atoms with E-state index in [1.54, 1.807) is 7.11 Å². The predicted molar refractivity (Wildman–Crippen MR) is 44.8 cm³/mol. The molecule has 13 heavy (non-hydrogen) atoms. The summed E-state index contributed by atoms with van der Waals surface area (Å²) in [5.41, 5.74) is 5.54. The molecule has 1 aromatic heterocycles. The molecule has 0 amide bonds. The molecule has 0 radical (unpaired) electrons. The van der Waals surface area contributed by atoms with E-state index in [0.717, 1.165) is 12.8 Å². The lowest BCUT2D eigenvalue weighted by Gasteiger charge is -2.01. The van der Waals surface area contributed by atoms with Crippen LogP contribution in [0, 0.1) is 0 Å². The minimum Gasteiger partial charge on any atom is -0.374 e. The van der Waals surface area contributed by atoms with Crippen LogP contribution < -0.4 is 5.73 Å². The van der Waals surface area contributed by atoms with Crippen molar-refractivity contribution in [3.8, 4) is 0 Å². The maximum atomic E-state index is 5.89. The van der Waals surface area contributed by atoms with E-state index in [0.29, 0.717) is 11.7 Å². The van der Waals surface area contributed by atoms with Crippen LogP contribution in [0.3, 0.4) is 0 Å². The van der Waals surface area contributed by atoms with E-state index < -0.39 is 0 Å². The Morgan fingerprint density at radius 3 is 2.85 bits per heavy atom. The van der Waals surface area contributed by atoms with Gasteiger partial charge in [0, 0.05) is 7.11 Å². The maximum absolute atomic E-state index is 5.89. The molecule has 5 nitrogen and oxygen atoms in total. The summed E-state index contributed by atoms with van der Waals surface area (Å²) >= 11 is 0. The average molecular weight is 183 g/mol. The lowest BCUT2D eigenvalue weighted by molar-refractivity contribution is 0.109. The van der Waals surface area contributed by atoms with Gasteiger partial charge in [-0.15, -0.1) is 0 Å². The fourth-order valence-electron chi connectivity index (χ4n) is 1.06. The zero-order chi connectivity index (χ0) is 9.47. The summed E-state index contributed by atoms with van der Waals surface area (Å²) in [5, 5.41) is 3.80. The summed E-state index contributed by atoms with van der Waals surface area (Å²) in [7, 11) is 1.61. The van der Waals surface area contributed by atoms with Crippen LogP contribution in [0.1, 0.15) is 37.6 Å². The number of hydrogen-bond donors (Lipinski definition) is 1. The summed E-state index contributed by atoms with van der Waals surface area (Å²) in [6.45, 7) is 1.87. The SMILES string of the molecule is COC(C)c1noc(C2(N)CC2)n1. The van der Waals surface area contributed by atoms with E-state index in [1.807, 2.05) is 6.92 Å². The Morgan fingerprint density at radius 2 is 2.31 bits per heavy atom. The van der Waals surface area contributed by atoms with Crippen LogP contribution in [0.4, 0.5) is 0 Å². The molecule has 0 saturated heterocycles. The molecule has 0 bridgehead atoms. The summed E-state index contributed by atoms with van der Waals surface area (Å²) in [6.07, 6.45) is 1.71. The normalized spacial score (nSPS) is 21.5. The van der Waals surface area contributed by atoms with Crippen molar-refractivity contribution in [2.75, 3.05) is 7.11 Å². The summed E-state index contributed by atoms with van der Waals surface area (Å²) in [5.74, 6) is 1.10. The van der Waals surface area contributed by atoms with Crippen molar-refractivity contribution < 1.29 is 9.26 Å². The van der Waals surface area contributed by atoms with Crippen molar-refractivity contribution in [3.63, 3.8) is 0 Å². The van der Waals surface area contributed by atoms with Crippen molar-refractivity contribution in [2.45, 2.75) is 31.4 Å². The molecule has 0 aromatic carbocycles. The van der Waals surface area contributed by atoms with Gasteiger partial charge in [0.05, 0.1) is 5.54 Å². The fourth-order valence-corrected chi connectivity index (χ4v) is 1.06. The second-order valence-electron chi connectivity index (χ2n) is 3.49. The van der Waals surface area contributed by atoms with Gasteiger partial charge in [-0.2, -0.15) is 4.98 Å². The van der Waals surface area contributed by atoms with Crippen LogP contribution in [0.5, 0.6) is 0 Å². The van der Waals surface area contributed by atoms with Gasteiger partial charge >= 0.3 is 0 Å². The number of methoxy groups -OCH3 is 1. The molecule has 5 heteroatoms. The minimum absolute atomic E-state index is 0.139. The highest BCUT2D eigenvalue weighted by Crippen LogP contribution is 2.41. The first-order valence-corrected chi connectivity index (χ1v) is 4.31. The monoisotopic (exact) mass is 183 g/mol. The predicted octanol–water partition coefficient (Wildman–Crippen LogP) is 0.725. The smallest absolute Gasteiger partial charge is 0.246 e. The molecule has 1 unspecified atom stereocenters. The lowest BCUT2D eigenvalue weighted by atomic mass is 10.3. The summed E-state index contributed by atoms with van der Waals surface area (Å²) < 4.78 is 10.1. The van der Waals surface area contributed by atoms with E-state index >= 15 is 0 Å². The van der Waals surface area contributed by atoms with Crippen molar-refractivity contribution in [1.82, 2.24) is 10.1 Å². The van der Waals surface area contributed by atoms with Gasteiger partial charge in [-0.1, -0.05) is 5.16 Å². The fraction of sp³-hybridized carbons (Fsp3) is 0.750. The molecule has 2 rings (SSSR count). The third-order valence-electron chi connectivity index (χ3n) is 2.37. The molecule has 1 atom stereocenters. The number of nitrogens with two attached hydrogens (primary N) is 1. The number of nitrogens with zero attached hydrogens (tertiary/aromatic N) is 2. The molecule has 1 aliphatic rings. The van der Waals surface area contributed by atoms with Gasteiger partial charge in [0.15, 0.2) is 5.82 Å². The standard InChI is InChI=1S/C8H13N3O2/c1-5(12-2)6-10-7(13-11-6)8(9)3-4-8/h5H,3-4,9H2,1-2H3. The highest BCUT2D eigenvalue weighted by atomic mass is 16.5. The quantitative estimate of drug-likeness (QED) is 0.747. The summed E-state index contributed by atoms with van der Waals surface area (Å²) in [6, 6.07) is 0. The van der Waals surface area contributed by atoms with Crippen LogP contribution in [-0.4, -0.2) is 17.3 Å². The van der Waals surface area contributed by atoms with E-state index in [2.05, 4.69) is 10.1 Å². The second-order valence-corrected chi connectivity index (χ2v) is 3.49. The van der Waals surface area contributed by atoms with Crippen LogP contribution >= 0.6 is 0 Å². The van der Waals surface area contributed by atoms with Gasteiger partial charge in [-0.25, -0.2) is 0 Å². The molecular weight excluding hydrogens is 170 g/mol. The van der Waals surface area contributed by atoms with Crippen molar-refractivity contribution in [2.24, 2.45) is 5.73 Å². The van der Waals surface area contributed by atoms with Gasteiger partial charge < -0.3 is 15.0 Å². The van der Waals surface area contributed by atoms with E-state index in [1.165, 1.54) is 0 Å². The first-order valence-electron chi connectivity index (χ1n) is 4.31. The Kier molecular flexibility index (Phi) is 1.85. The Morgan fingerprint density at radius 1 is 1.62 bits per heavy atom. The molecular formula is C8H13N3O2. The van der Waals surface area contributed by atoms with Gasteiger partial charge in [0.2, 0.25) is 5.89 Å². The Labute approximate surface area is 76.3 Å². The topological polar surface area (TPSA) is 74.2 Å². The van der Waals surface area contributed by atoms with Gasteiger partial charge in [0.25, 0.3) is 0 Å². The van der Waals surface area contributed by atoms with Crippen molar-refractivity contribution >= 4 is 0 Å². The molecule has 1 fully saturated rings. The third kappa shape index (κ3) is 1.45. The number of hydrogen-bond acceptors (Lipinski definition) is 5. The van der Waals surface area contributed by atoms with Crippen LogP contribution in [-0.2, 0) is 10.3 Å². The van der Waals surface area contributed by atoms with Crippen LogP contribution in [0.2, 0.25) is 0 Å². The molecule has 0 spiro atoms. The largest absolute Gasteiger partial charge is 0.374 e. The highest BCUT2D eigenvalue weighted by Gasteiger charge is 2.45. The third-order valence-corrected chi connectivity index (χ3v) is 2.37. The molecule has 1 aromatic rings. The molecule has 1 heterocycles. The zero-order valence-electron chi connectivity index (χ0n) is 7.78. The van der Waals surface area contributed by atoms with E-state index in [-0.39, 0.29) is 11.6 Å². The zero-order valence-corrected chi connectivity index (χ0v) is 7.78. The number of ether oxygens (including phenoxy) is 1. The number of rotatable bonds is 3. The van der Waals surface area contributed by atoms with Gasteiger partial charge in [0.1, 0.15) is 6.10 Å². The summed E-state index contributed by atoms with van der Waals surface area (Å²) in [4.78, 5) is 4.19. The Bertz CT molecular complexity index is 306. The van der Waals surface area contributed by atoms with E-state index in [4.69, 9.17) is 15.0 Å². The highest BCUT2D eigenvalue weighted by molar-refractivity contribution is 5.11. The van der Waals surface area contributed by atoms with Crippen LogP contribution in [0.25, 0.3) is 0 Å². The molecule has 1 saturated carbocycles. The maximum Gasteiger partial charge on any atom is 0.246 e. The first kappa shape index (κ1) is 8.65. The van der Waals surface area contributed by atoms with Gasteiger partial charge in [-0.05, 0) is 19.8 Å². The second kappa shape index (κ2) is 2.78. The molecule has 1 aliphatic carbocycles. The van der Waals surface area contributed by atoms with Crippen LogP contribution in [0.15, 0.2) is 4.52 Å². The number of aromatic nitrogens is 2. The van der Waals surface area contributed by atoms with Crippen molar-refractivity contribution in [1.29, 1.82) is 0 Å².